The van der Waals surface area contributed by atoms with E-state index in [1.165, 1.54) is 12.8 Å². The minimum atomic E-state index is -0.125. The predicted molar refractivity (Wildman–Crippen MR) is 90.7 cm³/mol. The Morgan fingerprint density at radius 1 is 0.957 bits per heavy atom. The Labute approximate surface area is 139 Å². The van der Waals surface area contributed by atoms with Gasteiger partial charge in [0.15, 0.2) is 0 Å². The van der Waals surface area contributed by atoms with Gasteiger partial charge < -0.3 is 14.6 Å². The number of aliphatic hydroxyl groups excluding tert-OH is 1. The molecule has 1 aliphatic carbocycles. The van der Waals surface area contributed by atoms with Crippen molar-refractivity contribution in [1.82, 2.24) is 4.90 Å². The highest BCUT2D eigenvalue weighted by atomic mass is 16.5. The summed E-state index contributed by atoms with van der Waals surface area (Å²) in [7, 11) is 0. The van der Waals surface area contributed by atoms with Gasteiger partial charge in [-0.05, 0) is 37.8 Å². The standard InChI is InChI=1S/C19H29NO3/c21-19-9-5-4-8-18(19)20-12-10-17(11-13-20)23-15-14-22-16-6-2-1-3-7-16/h1-3,6-7,17-19,21H,4-5,8-15H2/t18-,19+/m0/s1. The predicted octanol–water partition coefficient (Wildman–Crippen LogP) is 2.85. The third kappa shape index (κ3) is 4.93. The first-order valence-electron chi connectivity index (χ1n) is 9.04. The molecule has 1 saturated carbocycles. The quantitative estimate of drug-likeness (QED) is 0.819. The number of ether oxygens (including phenoxy) is 2. The molecule has 0 bridgehead atoms. The van der Waals surface area contributed by atoms with Crippen LogP contribution in [0.2, 0.25) is 0 Å². The Balaban J connectivity index is 1.31. The van der Waals surface area contributed by atoms with Gasteiger partial charge in [-0.25, -0.2) is 0 Å². The van der Waals surface area contributed by atoms with Crippen LogP contribution in [0.15, 0.2) is 30.3 Å². The van der Waals surface area contributed by atoms with E-state index in [0.29, 0.717) is 25.4 Å². The van der Waals surface area contributed by atoms with Crippen molar-refractivity contribution in [2.24, 2.45) is 0 Å². The molecule has 3 rings (SSSR count). The zero-order chi connectivity index (χ0) is 15.9. The number of aliphatic hydroxyl groups is 1. The molecule has 1 aliphatic heterocycles. The molecule has 4 heteroatoms. The van der Waals surface area contributed by atoms with E-state index in [1.54, 1.807) is 0 Å². The third-order valence-electron chi connectivity index (χ3n) is 5.09. The van der Waals surface area contributed by atoms with Gasteiger partial charge in [-0.3, -0.25) is 4.90 Å². The number of hydrogen-bond donors (Lipinski definition) is 1. The number of likely N-dealkylation sites (tertiary alicyclic amines) is 1. The molecule has 0 aromatic heterocycles. The van der Waals surface area contributed by atoms with E-state index in [1.807, 2.05) is 30.3 Å². The molecular formula is C19H29NO3. The molecule has 23 heavy (non-hydrogen) atoms. The largest absolute Gasteiger partial charge is 0.491 e. The Morgan fingerprint density at radius 2 is 1.70 bits per heavy atom. The highest BCUT2D eigenvalue weighted by Crippen LogP contribution is 2.26. The molecule has 1 heterocycles. The van der Waals surface area contributed by atoms with Gasteiger partial charge >= 0.3 is 0 Å². The molecule has 1 aromatic carbocycles. The van der Waals surface area contributed by atoms with Crippen molar-refractivity contribution in [2.45, 2.75) is 56.8 Å². The van der Waals surface area contributed by atoms with Gasteiger partial charge in [0.05, 0.1) is 18.8 Å². The second-order valence-electron chi connectivity index (χ2n) is 6.69. The monoisotopic (exact) mass is 319 g/mol. The average molecular weight is 319 g/mol. The van der Waals surface area contributed by atoms with Gasteiger partial charge in [0.25, 0.3) is 0 Å². The van der Waals surface area contributed by atoms with Crippen molar-refractivity contribution in [2.75, 3.05) is 26.3 Å². The van der Waals surface area contributed by atoms with Crippen molar-refractivity contribution in [3.8, 4) is 5.75 Å². The van der Waals surface area contributed by atoms with Crippen LogP contribution in [0.5, 0.6) is 5.75 Å². The Hall–Kier alpha value is -1.10. The van der Waals surface area contributed by atoms with Crippen molar-refractivity contribution < 1.29 is 14.6 Å². The summed E-state index contributed by atoms with van der Waals surface area (Å²) in [4.78, 5) is 2.48. The lowest BCUT2D eigenvalue weighted by molar-refractivity contribution is -0.0391. The van der Waals surface area contributed by atoms with Crippen LogP contribution in [0.4, 0.5) is 0 Å². The molecule has 2 fully saturated rings. The van der Waals surface area contributed by atoms with Crippen LogP contribution < -0.4 is 4.74 Å². The molecular weight excluding hydrogens is 290 g/mol. The van der Waals surface area contributed by atoms with Crippen molar-refractivity contribution in [3.63, 3.8) is 0 Å². The van der Waals surface area contributed by atoms with Gasteiger partial charge in [0, 0.05) is 19.1 Å². The van der Waals surface area contributed by atoms with Gasteiger partial charge in [-0.15, -0.1) is 0 Å². The van der Waals surface area contributed by atoms with Crippen molar-refractivity contribution in [1.29, 1.82) is 0 Å². The lowest BCUT2D eigenvalue weighted by Crippen LogP contribution is -2.49. The van der Waals surface area contributed by atoms with E-state index in [2.05, 4.69) is 4.90 Å². The number of hydrogen-bond acceptors (Lipinski definition) is 4. The first-order chi connectivity index (χ1) is 11.3. The fourth-order valence-electron chi connectivity index (χ4n) is 3.78. The molecule has 0 spiro atoms. The lowest BCUT2D eigenvalue weighted by Gasteiger charge is -2.41. The number of benzene rings is 1. The van der Waals surface area contributed by atoms with E-state index in [0.717, 1.165) is 44.5 Å². The van der Waals surface area contributed by atoms with Gasteiger partial charge in [0.2, 0.25) is 0 Å². The van der Waals surface area contributed by atoms with Crippen molar-refractivity contribution in [3.05, 3.63) is 30.3 Å². The molecule has 1 N–H and O–H groups in total. The molecule has 4 nitrogen and oxygen atoms in total. The molecule has 1 saturated heterocycles. The van der Waals surface area contributed by atoms with Gasteiger partial charge in [0.1, 0.15) is 12.4 Å². The van der Waals surface area contributed by atoms with Gasteiger partial charge in [-0.2, -0.15) is 0 Å². The molecule has 2 atom stereocenters. The van der Waals surface area contributed by atoms with Crippen LogP contribution in [-0.4, -0.2) is 54.6 Å². The molecule has 1 aromatic rings. The van der Waals surface area contributed by atoms with E-state index in [-0.39, 0.29) is 6.10 Å². The fourth-order valence-corrected chi connectivity index (χ4v) is 3.78. The summed E-state index contributed by atoms with van der Waals surface area (Å²) in [5.74, 6) is 0.900. The summed E-state index contributed by atoms with van der Waals surface area (Å²) >= 11 is 0. The molecule has 0 radical (unpaired) electrons. The van der Waals surface area contributed by atoms with E-state index in [9.17, 15) is 5.11 Å². The first-order valence-corrected chi connectivity index (χ1v) is 9.04. The maximum atomic E-state index is 10.2. The number of para-hydroxylation sites is 1. The summed E-state index contributed by atoms with van der Waals surface area (Å²) in [5, 5.41) is 10.2. The highest BCUT2D eigenvalue weighted by molar-refractivity contribution is 5.20. The minimum absolute atomic E-state index is 0.125. The second kappa shape index (κ2) is 8.67. The summed E-state index contributed by atoms with van der Waals surface area (Å²) in [6.45, 7) is 3.34. The maximum absolute atomic E-state index is 10.2. The number of piperidine rings is 1. The summed E-state index contributed by atoms with van der Waals surface area (Å²) in [5.41, 5.74) is 0. The van der Waals surface area contributed by atoms with Crippen LogP contribution >= 0.6 is 0 Å². The van der Waals surface area contributed by atoms with Crippen LogP contribution in [0.25, 0.3) is 0 Å². The van der Waals surface area contributed by atoms with Crippen LogP contribution in [0.1, 0.15) is 38.5 Å². The Bertz CT molecular complexity index is 445. The number of rotatable bonds is 6. The third-order valence-corrected chi connectivity index (χ3v) is 5.09. The normalized spacial score (nSPS) is 27.0. The SMILES string of the molecule is O[C@@H]1CCCC[C@@H]1N1CCC(OCCOc2ccccc2)CC1. The molecule has 0 amide bonds. The summed E-state index contributed by atoms with van der Waals surface area (Å²) in [6.07, 6.45) is 6.90. The summed E-state index contributed by atoms with van der Waals surface area (Å²) in [6, 6.07) is 10.3. The van der Waals surface area contributed by atoms with Gasteiger partial charge in [-0.1, -0.05) is 31.0 Å². The summed E-state index contributed by atoms with van der Waals surface area (Å²) < 4.78 is 11.6. The molecule has 2 aliphatic rings. The maximum Gasteiger partial charge on any atom is 0.119 e. The highest BCUT2D eigenvalue weighted by Gasteiger charge is 2.31. The van der Waals surface area contributed by atoms with Crippen LogP contribution in [0.3, 0.4) is 0 Å². The fraction of sp³-hybridized carbons (Fsp3) is 0.684. The lowest BCUT2D eigenvalue weighted by atomic mass is 9.90. The van der Waals surface area contributed by atoms with E-state index in [4.69, 9.17) is 9.47 Å². The Morgan fingerprint density at radius 3 is 2.43 bits per heavy atom. The zero-order valence-electron chi connectivity index (χ0n) is 13.9. The minimum Gasteiger partial charge on any atom is -0.491 e. The van der Waals surface area contributed by atoms with Crippen molar-refractivity contribution >= 4 is 0 Å². The zero-order valence-corrected chi connectivity index (χ0v) is 13.9. The van der Waals surface area contributed by atoms with Crippen LogP contribution in [-0.2, 0) is 4.74 Å². The number of nitrogens with zero attached hydrogens (tertiary/aromatic N) is 1. The van der Waals surface area contributed by atoms with E-state index >= 15 is 0 Å². The molecule has 0 unspecified atom stereocenters. The topological polar surface area (TPSA) is 41.9 Å². The Kier molecular flexibility index (Phi) is 6.31. The second-order valence-corrected chi connectivity index (χ2v) is 6.69. The van der Waals surface area contributed by atoms with E-state index < -0.39 is 0 Å². The van der Waals surface area contributed by atoms with Crippen LogP contribution in [0, 0.1) is 0 Å². The smallest absolute Gasteiger partial charge is 0.119 e. The molecule has 128 valence electrons. The first kappa shape index (κ1) is 16.7. The average Bonchev–Trinajstić information content (AvgIpc) is 2.61.